The van der Waals surface area contributed by atoms with E-state index in [1.807, 2.05) is 19.1 Å². The van der Waals surface area contributed by atoms with E-state index < -0.39 is 14.6 Å². The van der Waals surface area contributed by atoms with E-state index in [0.717, 1.165) is 11.3 Å². The fraction of sp³-hybridized carbons (Fsp3) is 0.615. The van der Waals surface area contributed by atoms with Gasteiger partial charge >= 0.3 is 0 Å². The van der Waals surface area contributed by atoms with Gasteiger partial charge < -0.3 is 5.32 Å². The third kappa shape index (κ3) is 4.38. The van der Waals surface area contributed by atoms with Gasteiger partial charge in [-0.2, -0.15) is 0 Å². The number of sulfone groups is 1. The summed E-state index contributed by atoms with van der Waals surface area (Å²) < 4.78 is 23.0. The molecule has 1 aromatic heterocycles. The van der Waals surface area contributed by atoms with Gasteiger partial charge in [0.2, 0.25) is 0 Å². The average Bonchev–Trinajstić information content (AvgIpc) is 2.25. The molecule has 0 fully saturated rings. The van der Waals surface area contributed by atoms with E-state index in [9.17, 15) is 8.42 Å². The van der Waals surface area contributed by atoms with Crippen LogP contribution in [0.3, 0.4) is 0 Å². The van der Waals surface area contributed by atoms with Crippen molar-refractivity contribution in [3.05, 3.63) is 29.6 Å². The summed E-state index contributed by atoms with van der Waals surface area (Å²) in [4.78, 5) is 4.19. The molecule has 1 N–H and O–H groups in total. The first-order chi connectivity index (χ1) is 8.22. The second-order valence-corrected chi connectivity index (χ2v) is 8.28. The van der Waals surface area contributed by atoms with Crippen LogP contribution in [-0.4, -0.2) is 30.4 Å². The topological polar surface area (TPSA) is 59.1 Å². The molecule has 1 aromatic rings. The molecule has 0 aliphatic rings. The number of hydrogen-bond donors (Lipinski definition) is 1. The molecule has 1 rings (SSSR count). The van der Waals surface area contributed by atoms with Gasteiger partial charge in [-0.15, -0.1) is 0 Å². The summed E-state index contributed by atoms with van der Waals surface area (Å²) in [6.07, 6.45) is 1.81. The largest absolute Gasteiger partial charge is 0.312 e. The molecule has 0 amide bonds. The molecule has 1 heterocycles. The Balaban J connectivity index is 2.38. The minimum Gasteiger partial charge on any atom is -0.312 e. The van der Waals surface area contributed by atoms with Crippen molar-refractivity contribution in [3.8, 4) is 0 Å². The van der Waals surface area contributed by atoms with Gasteiger partial charge in [0.1, 0.15) is 0 Å². The van der Waals surface area contributed by atoms with Crippen LogP contribution in [-0.2, 0) is 16.4 Å². The van der Waals surface area contributed by atoms with E-state index in [-0.39, 0.29) is 5.75 Å². The molecule has 0 saturated heterocycles. The fourth-order valence-corrected chi connectivity index (χ4v) is 2.37. The van der Waals surface area contributed by atoms with Crippen molar-refractivity contribution in [2.45, 2.75) is 39.0 Å². The van der Waals surface area contributed by atoms with E-state index in [4.69, 9.17) is 0 Å². The normalized spacial score (nSPS) is 12.7. The Kier molecular flexibility index (Phi) is 4.87. The molecule has 4 nitrogen and oxygen atoms in total. The highest BCUT2D eigenvalue weighted by Crippen LogP contribution is 2.15. The lowest BCUT2D eigenvalue weighted by Crippen LogP contribution is -2.34. The number of nitrogens with zero attached hydrogens (tertiary/aromatic N) is 1. The lowest BCUT2D eigenvalue weighted by molar-refractivity contribution is 0.556. The maximum Gasteiger partial charge on any atom is 0.156 e. The molecule has 0 aliphatic heterocycles. The van der Waals surface area contributed by atoms with Gasteiger partial charge in [-0.3, -0.25) is 4.98 Å². The minimum absolute atomic E-state index is 0.162. The van der Waals surface area contributed by atoms with E-state index in [0.29, 0.717) is 13.1 Å². The standard InChI is InChI=1S/C13H22N2O2S/c1-11-5-6-12(10-15-11)9-14-7-8-18(16,17)13(2,3)4/h5-6,10,14H,7-9H2,1-4H3. The lowest BCUT2D eigenvalue weighted by atomic mass is 10.2. The summed E-state index contributed by atoms with van der Waals surface area (Å²) in [7, 11) is -3.04. The molecule has 0 unspecified atom stereocenters. The molecule has 0 saturated carbocycles. The Labute approximate surface area is 110 Å². The van der Waals surface area contributed by atoms with E-state index in [2.05, 4.69) is 10.3 Å². The molecule has 18 heavy (non-hydrogen) atoms. The van der Waals surface area contributed by atoms with Crippen molar-refractivity contribution in [3.63, 3.8) is 0 Å². The van der Waals surface area contributed by atoms with Gasteiger partial charge in [-0.05, 0) is 39.3 Å². The van der Waals surface area contributed by atoms with Crippen LogP contribution in [0, 0.1) is 6.92 Å². The third-order valence-corrected chi connectivity index (χ3v) is 5.39. The van der Waals surface area contributed by atoms with Gasteiger partial charge in [-0.1, -0.05) is 6.07 Å². The highest BCUT2D eigenvalue weighted by molar-refractivity contribution is 7.92. The summed E-state index contributed by atoms with van der Waals surface area (Å²) >= 11 is 0. The first kappa shape index (κ1) is 15.1. The Morgan fingerprint density at radius 1 is 1.28 bits per heavy atom. The molecule has 0 aliphatic carbocycles. The average molecular weight is 270 g/mol. The van der Waals surface area contributed by atoms with E-state index in [1.54, 1.807) is 27.0 Å². The number of nitrogens with one attached hydrogen (secondary N) is 1. The predicted octanol–water partition coefficient (Wildman–Crippen LogP) is 1.69. The zero-order valence-corrected chi connectivity index (χ0v) is 12.3. The lowest BCUT2D eigenvalue weighted by Gasteiger charge is -2.19. The van der Waals surface area contributed by atoms with E-state index >= 15 is 0 Å². The molecule has 0 spiro atoms. The maximum absolute atomic E-state index is 11.9. The summed E-state index contributed by atoms with van der Waals surface area (Å²) in [5.74, 6) is 0.162. The Bertz CT molecular complexity index is 473. The third-order valence-electron chi connectivity index (χ3n) is 2.78. The second kappa shape index (κ2) is 5.80. The maximum atomic E-state index is 11.9. The van der Waals surface area contributed by atoms with Crippen molar-refractivity contribution < 1.29 is 8.42 Å². The molecule has 0 bridgehead atoms. The van der Waals surface area contributed by atoms with Gasteiger partial charge in [0.25, 0.3) is 0 Å². The summed E-state index contributed by atoms with van der Waals surface area (Å²) in [6.45, 7) is 8.23. The molecular weight excluding hydrogens is 248 g/mol. The minimum atomic E-state index is -3.04. The number of rotatable bonds is 5. The number of hydrogen-bond acceptors (Lipinski definition) is 4. The monoisotopic (exact) mass is 270 g/mol. The van der Waals surface area contributed by atoms with Crippen LogP contribution >= 0.6 is 0 Å². The molecule has 0 radical (unpaired) electrons. The van der Waals surface area contributed by atoms with Crippen LogP contribution in [0.5, 0.6) is 0 Å². The van der Waals surface area contributed by atoms with Gasteiger partial charge in [0.05, 0.1) is 10.5 Å². The highest BCUT2D eigenvalue weighted by Gasteiger charge is 2.27. The number of aromatic nitrogens is 1. The SMILES string of the molecule is Cc1ccc(CNCCS(=O)(=O)C(C)(C)C)cn1. The van der Waals surface area contributed by atoms with Gasteiger partial charge in [-0.25, -0.2) is 8.42 Å². The van der Waals surface area contributed by atoms with Crippen LogP contribution in [0.15, 0.2) is 18.3 Å². The number of aryl methyl sites for hydroxylation is 1. The Hall–Kier alpha value is -0.940. The molecule has 5 heteroatoms. The van der Waals surface area contributed by atoms with Crippen molar-refractivity contribution in [1.29, 1.82) is 0 Å². The van der Waals surface area contributed by atoms with Crippen molar-refractivity contribution in [1.82, 2.24) is 10.3 Å². The molecular formula is C13H22N2O2S. The van der Waals surface area contributed by atoms with Crippen molar-refractivity contribution >= 4 is 9.84 Å². The quantitative estimate of drug-likeness (QED) is 0.827. The molecule has 0 aromatic carbocycles. The first-order valence-electron chi connectivity index (χ1n) is 6.07. The van der Waals surface area contributed by atoms with Crippen LogP contribution in [0.4, 0.5) is 0 Å². The van der Waals surface area contributed by atoms with Gasteiger partial charge in [0.15, 0.2) is 9.84 Å². The number of pyridine rings is 1. The van der Waals surface area contributed by atoms with E-state index in [1.165, 1.54) is 0 Å². The summed E-state index contributed by atoms with van der Waals surface area (Å²) in [5.41, 5.74) is 2.04. The predicted molar refractivity (Wildman–Crippen MR) is 74.2 cm³/mol. The van der Waals surface area contributed by atoms with Crippen molar-refractivity contribution in [2.24, 2.45) is 0 Å². The van der Waals surface area contributed by atoms with Gasteiger partial charge in [0, 0.05) is 25.0 Å². The highest BCUT2D eigenvalue weighted by atomic mass is 32.2. The zero-order valence-electron chi connectivity index (χ0n) is 11.5. The summed E-state index contributed by atoms with van der Waals surface area (Å²) in [5, 5.41) is 3.13. The Morgan fingerprint density at radius 3 is 2.44 bits per heavy atom. The summed E-state index contributed by atoms with van der Waals surface area (Å²) in [6, 6.07) is 3.94. The van der Waals surface area contributed by atoms with Crippen LogP contribution < -0.4 is 5.32 Å². The molecule has 0 atom stereocenters. The smallest absolute Gasteiger partial charge is 0.156 e. The fourth-order valence-electron chi connectivity index (χ4n) is 1.35. The zero-order chi connectivity index (χ0) is 13.8. The second-order valence-electron chi connectivity index (χ2n) is 5.42. The molecule has 102 valence electrons. The van der Waals surface area contributed by atoms with Crippen molar-refractivity contribution in [2.75, 3.05) is 12.3 Å². The van der Waals surface area contributed by atoms with Crippen LogP contribution in [0.1, 0.15) is 32.0 Å². The van der Waals surface area contributed by atoms with Crippen LogP contribution in [0.2, 0.25) is 0 Å². The Morgan fingerprint density at radius 2 is 1.94 bits per heavy atom. The van der Waals surface area contributed by atoms with Crippen LogP contribution in [0.25, 0.3) is 0 Å². The first-order valence-corrected chi connectivity index (χ1v) is 7.72.